The second kappa shape index (κ2) is 6.32. The van der Waals surface area contributed by atoms with Crippen LogP contribution in [0.1, 0.15) is 37.2 Å². The van der Waals surface area contributed by atoms with Gasteiger partial charge in [-0.3, -0.25) is 0 Å². The Hall–Kier alpha value is -0.900. The highest BCUT2D eigenvalue weighted by Gasteiger charge is 2.31. The van der Waals surface area contributed by atoms with E-state index >= 15 is 0 Å². The van der Waals surface area contributed by atoms with Gasteiger partial charge in [0.2, 0.25) is 0 Å². The van der Waals surface area contributed by atoms with Crippen LogP contribution in [0.5, 0.6) is 0 Å². The first-order valence-electron chi connectivity index (χ1n) is 6.72. The van der Waals surface area contributed by atoms with Gasteiger partial charge in [0.25, 0.3) is 0 Å². The molecule has 3 heteroatoms. The van der Waals surface area contributed by atoms with Gasteiger partial charge in [-0.2, -0.15) is 0 Å². The second-order valence-electron chi connectivity index (χ2n) is 5.32. The molecule has 0 aliphatic heterocycles. The summed E-state index contributed by atoms with van der Waals surface area (Å²) in [6.07, 6.45) is 2.10. The molecule has 1 fully saturated rings. The molecule has 0 radical (unpaired) electrons. The molecule has 0 heterocycles. The van der Waals surface area contributed by atoms with E-state index in [0.717, 1.165) is 19.3 Å². The average molecular weight is 250 g/mol. The second-order valence-corrected chi connectivity index (χ2v) is 5.32. The third-order valence-corrected chi connectivity index (χ3v) is 4.00. The highest BCUT2D eigenvalue weighted by atomic mass is 16.3. The summed E-state index contributed by atoms with van der Waals surface area (Å²) in [4.78, 5) is 0. The van der Waals surface area contributed by atoms with Crippen molar-refractivity contribution in [2.75, 3.05) is 6.61 Å². The van der Waals surface area contributed by atoms with Crippen molar-refractivity contribution in [2.45, 2.75) is 43.8 Å². The number of benzene rings is 1. The molecule has 3 N–H and O–H groups in total. The van der Waals surface area contributed by atoms with Gasteiger partial charge in [-0.25, -0.2) is 0 Å². The van der Waals surface area contributed by atoms with Gasteiger partial charge in [-0.15, -0.1) is 0 Å². The van der Waals surface area contributed by atoms with Gasteiger partial charge in [0.05, 0.1) is 18.8 Å². The summed E-state index contributed by atoms with van der Waals surface area (Å²) in [5, 5.41) is 28.4. The van der Waals surface area contributed by atoms with Crippen LogP contribution in [-0.2, 0) is 0 Å². The summed E-state index contributed by atoms with van der Waals surface area (Å²) in [6, 6.07) is 10.3. The van der Waals surface area contributed by atoms with Crippen LogP contribution in [0.3, 0.4) is 0 Å². The van der Waals surface area contributed by atoms with E-state index in [9.17, 15) is 10.2 Å². The predicted molar refractivity (Wildman–Crippen MR) is 70.2 cm³/mol. The topological polar surface area (TPSA) is 60.7 Å². The van der Waals surface area contributed by atoms with Crippen LogP contribution in [-0.4, -0.2) is 34.1 Å². The number of aliphatic hydroxyl groups excluding tert-OH is 3. The molecule has 1 saturated carbocycles. The van der Waals surface area contributed by atoms with Gasteiger partial charge in [-0.05, 0) is 43.1 Å². The van der Waals surface area contributed by atoms with Gasteiger partial charge < -0.3 is 15.3 Å². The van der Waals surface area contributed by atoms with Crippen molar-refractivity contribution < 1.29 is 15.3 Å². The zero-order valence-electron chi connectivity index (χ0n) is 10.6. The first-order valence-corrected chi connectivity index (χ1v) is 6.72. The van der Waals surface area contributed by atoms with Gasteiger partial charge >= 0.3 is 0 Å². The molecule has 1 aliphatic rings. The van der Waals surface area contributed by atoms with E-state index in [1.807, 2.05) is 18.2 Å². The fourth-order valence-electron chi connectivity index (χ4n) is 2.95. The van der Waals surface area contributed by atoms with Crippen molar-refractivity contribution in [2.24, 2.45) is 5.92 Å². The van der Waals surface area contributed by atoms with Crippen LogP contribution < -0.4 is 0 Å². The van der Waals surface area contributed by atoms with E-state index in [0.29, 0.717) is 12.3 Å². The molecule has 0 bridgehead atoms. The smallest absolute Gasteiger partial charge is 0.0774 e. The van der Waals surface area contributed by atoms with Crippen LogP contribution in [0.2, 0.25) is 0 Å². The quantitative estimate of drug-likeness (QED) is 0.762. The predicted octanol–water partition coefficient (Wildman–Crippen LogP) is 1.67. The highest BCUT2D eigenvalue weighted by molar-refractivity contribution is 5.20. The molecule has 1 aliphatic carbocycles. The molecule has 0 spiro atoms. The minimum atomic E-state index is -0.709. The van der Waals surface area contributed by atoms with Gasteiger partial charge in [0, 0.05) is 0 Å². The average Bonchev–Trinajstić information content (AvgIpc) is 2.42. The minimum absolute atomic E-state index is 0.0890. The van der Waals surface area contributed by atoms with Crippen molar-refractivity contribution >= 4 is 0 Å². The summed E-state index contributed by atoms with van der Waals surface area (Å²) in [5.74, 6) is 0.552. The van der Waals surface area contributed by atoms with E-state index in [4.69, 9.17) is 5.11 Å². The summed E-state index contributed by atoms with van der Waals surface area (Å²) >= 11 is 0. The Labute approximate surface area is 108 Å². The van der Waals surface area contributed by atoms with Crippen molar-refractivity contribution in [3.8, 4) is 0 Å². The highest BCUT2D eigenvalue weighted by Crippen LogP contribution is 2.38. The number of hydrogen-bond donors (Lipinski definition) is 3. The Kier molecular flexibility index (Phi) is 4.75. The molecule has 2 rings (SSSR count). The summed E-state index contributed by atoms with van der Waals surface area (Å²) < 4.78 is 0. The molecule has 1 aromatic carbocycles. The Morgan fingerprint density at radius 2 is 1.89 bits per heavy atom. The monoisotopic (exact) mass is 250 g/mol. The first-order chi connectivity index (χ1) is 8.70. The zero-order chi connectivity index (χ0) is 13.0. The van der Waals surface area contributed by atoms with Crippen LogP contribution in [0.25, 0.3) is 0 Å². The summed E-state index contributed by atoms with van der Waals surface area (Å²) in [5.41, 5.74) is 1.31. The van der Waals surface area contributed by atoms with E-state index < -0.39 is 6.10 Å². The molecule has 4 unspecified atom stereocenters. The minimum Gasteiger partial charge on any atom is -0.394 e. The number of hydrogen-bond acceptors (Lipinski definition) is 3. The van der Waals surface area contributed by atoms with E-state index in [-0.39, 0.29) is 18.6 Å². The summed E-state index contributed by atoms with van der Waals surface area (Å²) in [7, 11) is 0. The number of aliphatic hydroxyl groups is 3. The Balaban J connectivity index is 2.00. The van der Waals surface area contributed by atoms with Crippen molar-refractivity contribution in [1.82, 2.24) is 0 Å². The summed E-state index contributed by atoms with van der Waals surface area (Å²) in [6.45, 7) is -0.223. The molecule has 0 amide bonds. The van der Waals surface area contributed by atoms with E-state index in [2.05, 4.69) is 12.1 Å². The van der Waals surface area contributed by atoms with Gasteiger partial charge in [-0.1, -0.05) is 30.3 Å². The lowest BCUT2D eigenvalue weighted by molar-refractivity contribution is 0.0108. The molecule has 0 aromatic heterocycles. The van der Waals surface area contributed by atoms with Crippen molar-refractivity contribution in [3.05, 3.63) is 35.9 Å². The maximum atomic E-state index is 9.99. The largest absolute Gasteiger partial charge is 0.394 e. The normalized spacial score (nSPS) is 30.1. The molecule has 18 heavy (non-hydrogen) atoms. The molecule has 0 saturated heterocycles. The van der Waals surface area contributed by atoms with Crippen LogP contribution >= 0.6 is 0 Å². The van der Waals surface area contributed by atoms with E-state index in [1.165, 1.54) is 5.56 Å². The zero-order valence-corrected chi connectivity index (χ0v) is 10.6. The molecule has 1 aromatic rings. The van der Waals surface area contributed by atoms with Crippen LogP contribution in [0.4, 0.5) is 0 Å². The third-order valence-electron chi connectivity index (χ3n) is 4.00. The molecular weight excluding hydrogens is 228 g/mol. The molecule has 4 atom stereocenters. The Morgan fingerprint density at radius 3 is 2.56 bits per heavy atom. The lowest BCUT2D eigenvalue weighted by Crippen LogP contribution is -2.32. The number of rotatable bonds is 4. The third kappa shape index (κ3) is 3.31. The molecule has 100 valence electrons. The molecular formula is C15H22O3. The van der Waals surface area contributed by atoms with Gasteiger partial charge in [0.1, 0.15) is 0 Å². The first kappa shape index (κ1) is 13.5. The van der Waals surface area contributed by atoms with Crippen molar-refractivity contribution in [3.63, 3.8) is 0 Å². The fraction of sp³-hybridized carbons (Fsp3) is 0.600. The Bertz CT molecular complexity index is 352. The lowest BCUT2D eigenvalue weighted by Gasteiger charge is -2.34. The van der Waals surface area contributed by atoms with Gasteiger partial charge in [0.15, 0.2) is 0 Å². The maximum Gasteiger partial charge on any atom is 0.0774 e. The standard InChI is InChI=1S/C15H22O3/c16-10-14(17)9-13-8-12(6-7-15(13)18)11-4-2-1-3-5-11/h1-5,12-18H,6-10H2. The van der Waals surface area contributed by atoms with Crippen molar-refractivity contribution in [1.29, 1.82) is 0 Å². The Morgan fingerprint density at radius 1 is 1.17 bits per heavy atom. The van der Waals surface area contributed by atoms with Crippen LogP contribution in [0.15, 0.2) is 30.3 Å². The fourth-order valence-corrected chi connectivity index (χ4v) is 2.95. The van der Waals surface area contributed by atoms with Crippen LogP contribution in [0, 0.1) is 5.92 Å². The van der Waals surface area contributed by atoms with E-state index in [1.54, 1.807) is 0 Å². The molecule has 3 nitrogen and oxygen atoms in total. The maximum absolute atomic E-state index is 9.99. The lowest BCUT2D eigenvalue weighted by atomic mass is 9.74. The SMILES string of the molecule is OCC(O)CC1CC(c2ccccc2)CCC1O.